The molecule has 118 valence electrons. The van der Waals surface area contributed by atoms with Gasteiger partial charge in [0.25, 0.3) is 0 Å². The third kappa shape index (κ3) is 5.09. The van der Waals surface area contributed by atoms with E-state index in [1.54, 1.807) is 6.26 Å². The van der Waals surface area contributed by atoms with Crippen molar-refractivity contribution >= 4 is 34.8 Å². The van der Waals surface area contributed by atoms with E-state index in [9.17, 15) is 9.00 Å². The summed E-state index contributed by atoms with van der Waals surface area (Å²) in [6.45, 7) is 2.87. The van der Waals surface area contributed by atoms with Crippen molar-refractivity contribution in [1.82, 2.24) is 5.32 Å². The SMILES string of the molecule is Cc1c(CS(C)=O)cccc1NC(=O)C1CCCCN1.Cl. The van der Waals surface area contributed by atoms with Crippen molar-refractivity contribution in [3.8, 4) is 0 Å². The Bertz CT molecular complexity index is 516. The average molecular weight is 331 g/mol. The number of anilines is 1. The van der Waals surface area contributed by atoms with E-state index >= 15 is 0 Å². The van der Waals surface area contributed by atoms with Crippen LogP contribution < -0.4 is 10.6 Å². The molecule has 0 saturated carbocycles. The maximum absolute atomic E-state index is 12.2. The van der Waals surface area contributed by atoms with Crippen LogP contribution in [0, 0.1) is 6.92 Å². The molecule has 1 aromatic rings. The van der Waals surface area contributed by atoms with Gasteiger partial charge in [-0.05, 0) is 43.5 Å². The molecule has 2 rings (SSSR count). The number of piperidine rings is 1. The van der Waals surface area contributed by atoms with Crippen LogP contribution in [-0.2, 0) is 21.3 Å². The molecule has 1 aliphatic rings. The van der Waals surface area contributed by atoms with Crippen LogP contribution in [0.25, 0.3) is 0 Å². The topological polar surface area (TPSA) is 58.2 Å². The van der Waals surface area contributed by atoms with Gasteiger partial charge in [0, 0.05) is 28.5 Å². The molecular formula is C15H23ClN2O2S. The number of hydrogen-bond acceptors (Lipinski definition) is 3. The number of amides is 1. The third-order valence-corrected chi connectivity index (χ3v) is 4.41. The molecule has 1 amide bonds. The molecule has 1 saturated heterocycles. The second kappa shape index (κ2) is 8.51. The lowest BCUT2D eigenvalue weighted by Gasteiger charge is -2.23. The van der Waals surface area contributed by atoms with Crippen molar-refractivity contribution in [3.63, 3.8) is 0 Å². The van der Waals surface area contributed by atoms with Crippen molar-refractivity contribution < 1.29 is 9.00 Å². The molecule has 0 aromatic heterocycles. The molecule has 0 bridgehead atoms. The summed E-state index contributed by atoms with van der Waals surface area (Å²) in [6, 6.07) is 5.68. The van der Waals surface area contributed by atoms with Gasteiger partial charge in [0.05, 0.1) is 6.04 Å². The maximum atomic E-state index is 12.2. The van der Waals surface area contributed by atoms with E-state index in [1.807, 2.05) is 25.1 Å². The normalized spacial score (nSPS) is 19.4. The lowest BCUT2D eigenvalue weighted by molar-refractivity contribution is -0.118. The number of nitrogens with one attached hydrogen (secondary N) is 2. The summed E-state index contributed by atoms with van der Waals surface area (Å²) < 4.78 is 11.4. The Morgan fingerprint density at radius 3 is 2.81 bits per heavy atom. The van der Waals surface area contributed by atoms with Crippen LogP contribution in [0.15, 0.2) is 18.2 Å². The second-order valence-electron chi connectivity index (χ2n) is 5.30. The molecule has 21 heavy (non-hydrogen) atoms. The Labute approximate surface area is 134 Å². The summed E-state index contributed by atoms with van der Waals surface area (Å²) in [5.41, 5.74) is 2.86. The smallest absolute Gasteiger partial charge is 0.241 e. The predicted molar refractivity (Wildman–Crippen MR) is 90.5 cm³/mol. The molecule has 0 spiro atoms. The second-order valence-corrected chi connectivity index (χ2v) is 6.73. The number of halogens is 1. The molecular weight excluding hydrogens is 308 g/mol. The molecule has 2 N–H and O–H groups in total. The first kappa shape index (κ1) is 18.1. The maximum Gasteiger partial charge on any atom is 0.241 e. The monoisotopic (exact) mass is 330 g/mol. The fourth-order valence-electron chi connectivity index (χ4n) is 2.49. The first-order chi connectivity index (χ1) is 9.58. The molecule has 1 heterocycles. The van der Waals surface area contributed by atoms with Crippen molar-refractivity contribution in [2.75, 3.05) is 18.1 Å². The molecule has 1 aromatic carbocycles. The number of benzene rings is 1. The van der Waals surface area contributed by atoms with Crippen molar-refractivity contribution in [1.29, 1.82) is 0 Å². The van der Waals surface area contributed by atoms with Gasteiger partial charge in [-0.15, -0.1) is 12.4 Å². The van der Waals surface area contributed by atoms with Crippen molar-refractivity contribution in [2.45, 2.75) is 38.0 Å². The van der Waals surface area contributed by atoms with Gasteiger partial charge in [0.15, 0.2) is 0 Å². The molecule has 0 aliphatic carbocycles. The van der Waals surface area contributed by atoms with E-state index in [1.165, 1.54) is 0 Å². The highest BCUT2D eigenvalue weighted by Gasteiger charge is 2.21. The minimum absolute atomic E-state index is 0. The van der Waals surface area contributed by atoms with E-state index in [2.05, 4.69) is 10.6 Å². The molecule has 0 radical (unpaired) electrons. The average Bonchev–Trinajstić information content (AvgIpc) is 2.43. The van der Waals surface area contributed by atoms with Gasteiger partial charge >= 0.3 is 0 Å². The Kier molecular flexibility index (Phi) is 7.35. The fourth-order valence-corrected chi connectivity index (χ4v) is 3.24. The van der Waals surface area contributed by atoms with Gasteiger partial charge in [-0.2, -0.15) is 0 Å². The highest BCUT2D eigenvalue weighted by molar-refractivity contribution is 7.83. The van der Waals surface area contributed by atoms with E-state index < -0.39 is 10.8 Å². The summed E-state index contributed by atoms with van der Waals surface area (Å²) in [4.78, 5) is 12.2. The highest BCUT2D eigenvalue weighted by atomic mass is 35.5. The summed E-state index contributed by atoms with van der Waals surface area (Å²) in [6.07, 6.45) is 4.82. The summed E-state index contributed by atoms with van der Waals surface area (Å²) >= 11 is 0. The van der Waals surface area contributed by atoms with Crippen LogP contribution in [0.5, 0.6) is 0 Å². The van der Waals surface area contributed by atoms with Crippen LogP contribution in [0.2, 0.25) is 0 Å². The van der Waals surface area contributed by atoms with Crippen LogP contribution in [-0.4, -0.2) is 29.0 Å². The first-order valence-corrected chi connectivity index (χ1v) is 8.73. The lowest BCUT2D eigenvalue weighted by Crippen LogP contribution is -2.43. The zero-order valence-corrected chi connectivity index (χ0v) is 14.1. The van der Waals surface area contributed by atoms with Gasteiger partial charge in [-0.25, -0.2) is 0 Å². The number of rotatable bonds is 4. The number of hydrogen-bond donors (Lipinski definition) is 2. The van der Waals surface area contributed by atoms with E-state index in [0.29, 0.717) is 5.75 Å². The summed E-state index contributed by atoms with van der Waals surface area (Å²) in [5.74, 6) is 0.555. The molecule has 6 heteroatoms. The Hall–Kier alpha value is -0.910. The fraction of sp³-hybridized carbons (Fsp3) is 0.533. The standard InChI is InChI=1S/C15H22N2O2S.ClH/c1-11-12(10-20(2)19)6-5-8-13(11)17-15(18)14-7-3-4-9-16-14;/h5-6,8,14,16H,3-4,7,9-10H2,1-2H3,(H,17,18);1H. The van der Waals surface area contributed by atoms with Gasteiger partial charge < -0.3 is 10.6 Å². The van der Waals surface area contributed by atoms with Gasteiger partial charge in [-0.1, -0.05) is 18.6 Å². The highest BCUT2D eigenvalue weighted by Crippen LogP contribution is 2.21. The van der Waals surface area contributed by atoms with Crippen LogP contribution in [0.3, 0.4) is 0 Å². The molecule has 2 atom stereocenters. The summed E-state index contributed by atoms with van der Waals surface area (Å²) in [5, 5.41) is 6.24. The number of carbonyl (C=O) groups is 1. The molecule has 1 aliphatic heterocycles. The molecule has 4 nitrogen and oxygen atoms in total. The van der Waals surface area contributed by atoms with E-state index in [0.717, 1.165) is 42.6 Å². The van der Waals surface area contributed by atoms with Crippen LogP contribution in [0.1, 0.15) is 30.4 Å². The Balaban J connectivity index is 0.00000220. The van der Waals surface area contributed by atoms with Gasteiger partial charge in [-0.3, -0.25) is 9.00 Å². The van der Waals surface area contributed by atoms with Crippen LogP contribution >= 0.6 is 12.4 Å². The largest absolute Gasteiger partial charge is 0.324 e. The van der Waals surface area contributed by atoms with E-state index in [-0.39, 0.29) is 24.4 Å². The first-order valence-electron chi connectivity index (χ1n) is 7.00. The lowest BCUT2D eigenvalue weighted by atomic mass is 10.0. The Morgan fingerprint density at radius 1 is 1.43 bits per heavy atom. The van der Waals surface area contributed by atoms with Gasteiger partial charge in [0.1, 0.15) is 0 Å². The minimum Gasteiger partial charge on any atom is -0.324 e. The third-order valence-electron chi connectivity index (χ3n) is 3.69. The number of carbonyl (C=O) groups excluding carboxylic acids is 1. The predicted octanol–water partition coefficient (Wildman–Crippen LogP) is 2.38. The quantitative estimate of drug-likeness (QED) is 0.891. The zero-order valence-electron chi connectivity index (χ0n) is 12.5. The van der Waals surface area contributed by atoms with Crippen molar-refractivity contribution in [2.24, 2.45) is 0 Å². The zero-order chi connectivity index (χ0) is 14.5. The Morgan fingerprint density at radius 2 is 2.19 bits per heavy atom. The molecule has 1 fully saturated rings. The summed E-state index contributed by atoms with van der Waals surface area (Å²) in [7, 11) is -0.877. The molecule has 2 unspecified atom stereocenters. The van der Waals surface area contributed by atoms with Gasteiger partial charge in [0.2, 0.25) is 5.91 Å². The van der Waals surface area contributed by atoms with Crippen LogP contribution in [0.4, 0.5) is 5.69 Å². The van der Waals surface area contributed by atoms with E-state index in [4.69, 9.17) is 0 Å². The minimum atomic E-state index is -0.877. The van der Waals surface area contributed by atoms with Crippen molar-refractivity contribution in [3.05, 3.63) is 29.3 Å².